The van der Waals surface area contributed by atoms with Gasteiger partial charge in [0, 0.05) is 27.9 Å². The number of hydrogen-bond acceptors (Lipinski definition) is 2. The summed E-state index contributed by atoms with van der Waals surface area (Å²) >= 11 is 0. The van der Waals surface area contributed by atoms with Crippen LogP contribution in [-0.4, -0.2) is 5.71 Å². The molecule has 0 saturated carbocycles. The molecule has 0 aromatic carbocycles. The van der Waals surface area contributed by atoms with Crippen LogP contribution in [-0.2, 0) is 0 Å². The van der Waals surface area contributed by atoms with Crippen LogP contribution in [0.15, 0.2) is 29.0 Å². The topological polar surface area (TPSA) is 38.4 Å². The number of hydrogen-bond donors (Lipinski definition) is 1. The van der Waals surface area contributed by atoms with E-state index in [4.69, 9.17) is 5.73 Å². The molecule has 2 heteroatoms. The van der Waals surface area contributed by atoms with Crippen molar-refractivity contribution in [3.8, 4) is 0 Å². The minimum absolute atomic E-state index is 0.0190. The van der Waals surface area contributed by atoms with Gasteiger partial charge in [-0.1, -0.05) is 48.1 Å². The van der Waals surface area contributed by atoms with Gasteiger partial charge in [0.2, 0.25) is 0 Å². The third-order valence-corrected chi connectivity index (χ3v) is 2.24. The monoisotopic (exact) mass is 222 g/mol. The minimum Gasteiger partial charge on any atom is -0.402 e. The molecule has 92 valence electrons. The Morgan fingerprint density at radius 2 is 1.50 bits per heavy atom. The van der Waals surface area contributed by atoms with Crippen LogP contribution >= 0.6 is 0 Å². The molecule has 0 aliphatic carbocycles. The van der Waals surface area contributed by atoms with Crippen molar-refractivity contribution in [3.63, 3.8) is 0 Å². The molecule has 0 rings (SSSR count). The maximum absolute atomic E-state index is 6.07. The van der Waals surface area contributed by atoms with Crippen molar-refractivity contribution in [3.05, 3.63) is 24.0 Å². The van der Waals surface area contributed by atoms with Gasteiger partial charge in [-0.05, 0) is 13.0 Å². The summed E-state index contributed by atoms with van der Waals surface area (Å²) in [5.41, 5.74) is 8.67. The van der Waals surface area contributed by atoms with Crippen molar-refractivity contribution in [2.45, 2.75) is 48.5 Å². The molecule has 0 aromatic heterocycles. The van der Waals surface area contributed by atoms with Crippen LogP contribution in [0.25, 0.3) is 0 Å². The summed E-state index contributed by atoms with van der Waals surface area (Å²) in [4.78, 5) is 4.47. The van der Waals surface area contributed by atoms with Crippen LogP contribution in [0.4, 0.5) is 0 Å². The average molecular weight is 222 g/mol. The first-order valence-electron chi connectivity index (χ1n) is 5.67. The van der Waals surface area contributed by atoms with E-state index in [1.807, 2.05) is 13.0 Å². The van der Waals surface area contributed by atoms with E-state index in [1.165, 1.54) is 0 Å². The van der Waals surface area contributed by atoms with Crippen LogP contribution in [0.3, 0.4) is 0 Å². The zero-order chi connectivity index (χ0) is 13.1. The maximum atomic E-state index is 6.07. The fraction of sp³-hybridized carbons (Fsp3) is 0.643. The van der Waals surface area contributed by atoms with Crippen molar-refractivity contribution < 1.29 is 0 Å². The molecule has 0 fully saturated rings. The lowest BCUT2D eigenvalue weighted by molar-refractivity contribution is 0.496. The summed E-state index contributed by atoms with van der Waals surface area (Å²) in [5, 5.41) is 0. The van der Waals surface area contributed by atoms with Crippen LogP contribution in [0.1, 0.15) is 48.5 Å². The van der Waals surface area contributed by atoms with Crippen LogP contribution in [0.2, 0.25) is 0 Å². The van der Waals surface area contributed by atoms with Gasteiger partial charge in [-0.2, -0.15) is 0 Å². The molecule has 0 radical (unpaired) electrons. The lowest BCUT2D eigenvalue weighted by Crippen LogP contribution is -2.24. The predicted octanol–water partition coefficient (Wildman–Crippen LogP) is 3.90. The zero-order valence-corrected chi connectivity index (χ0v) is 11.8. The van der Waals surface area contributed by atoms with E-state index in [2.05, 4.69) is 53.1 Å². The van der Waals surface area contributed by atoms with E-state index in [9.17, 15) is 0 Å². The second-order valence-electron chi connectivity index (χ2n) is 6.33. The summed E-state index contributed by atoms with van der Waals surface area (Å²) < 4.78 is 0. The van der Waals surface area contributed by atoms with Gasteiger partial charge in [0.1, 0.15) is 0 Å². The molecule has 0 aliphatic heterocycles. The van der Waals surface area contributed by atoms with Crippen LogP contribution in [0, 0.1) is 10.8 Å². The van der Waals surface area contributed by atoms with Crippen molar-refractivity contribution in [2.24, 2.45) is 21.6 Å². The number of allylic oxidation sites excluding steroid dienone is 3. The van der Waals surface area contributed by atoms with Crippen LogP contribution in [0.5, 0.6) is 0 Å². The van der Waals surface area contributed by atoms with Gasteiger partial charge >= 0.3 is 0 Å². The fourth-order valence-electron chi connectivity index (χ4n) is 0.986. The molecule has 0 heterocycles. The van der Waals surface area contributed by atoms with Gasteiger partial charge < -0.3 is 5.73 Å². The molecule has 2 N–H and O–H groups in total. The van der Waals surface area contributed by atoms with Gasteiger partial charge in [0.05, 0.1) is 0 Å². The van der Waals surface area contributed by atoms with Gasteiger partial charge in [-0.25, -0.2) is 0 Å². The SMILES string of the molecule is C=C(C)/N=C(\C=C(/N)C(C)(C)C)C(C)(C)C. The number of nitrogens with two attached hydrogens (primary N) is 1. The highest BCUT2D eigenvalue weighted by Gasteiger charge is 2.20. The summed E-state index contributed by atoms with van der Waals surface area (Å²) in [6, 6.07) is 0. The van der Waals surface area contributed by atoms with E-state index in [-0.39, 0.29) is 10.8 Å². The van der Waals surface area contributed by atoms with E-state index in [0.29, 0.717) is 0 Å². The summed E-state index contributed by atoms with van der Waals surface area (Å²) in [7, 11) is 0. The standard InChI is InChI=1S/C14H26N2/c1-10(2)16-12(14(6,7)8)9-11(15)13(3,4)5/h9H,1,15H2,2-8H3/b11-9-,16-12+. The zero-order valence-electron chi connectivity index (χ0n) is 11.8. The second-order valence-corrected chi connectivity index (χ2v) is 6.33. The molecular formula is C14H26N2. The molecule has 0 atom stereocenters. The molecule has 16 heavy (non-hydrogen) atoms. The van der Waals surface area contributed by atoms with Crippen molar-refractivity contribution >= 4 is 5.71 Å². The van der Waals surface area contributed by atoms with Gasteiger partial charge in [-0.3, -0.25) is 4.99 Å². The Hall–Kier alpha value is -1.05. The van der Waals surface area contributed by atoms with Crippen molar-refractivity contribution in [1.29, 1.82) is 0 Å². The maximum Gasteiger partial charge on any atom is 0.0477 e. The Bertz CT molecular complexity index is 320. The largest absolute Gasteiger partial charge is 0.402 e. The highest BCUT2D eigenvalue weighted by Crippen LogP contribution is 2.24. The first kappa shape index (κ1) is 14.9. The third-order valence-electron chi connectivity index (χ3n) is 2.24. The van der Waals surface area contributed by atoms with Crippen molar-refractivity contribution in [1.82, 2.24) is 0 Å². The molecule has 0 aromatic rings. The number of aliphatic imine (C=N–C) groups is 1. The third kappa shape index (κ3) is 5.15. The van der Waals surface area contributed by atoms with Gasteiger partial charge in [-0.15, -0.1) is 0 Å². The Kier molecular flexibility index (Phi) is 4.54. The molecule has 0 aliphatic rings. The molecule has 0 unspecified atom stereocenters. The molecule has 0 amide bonds. The lowest BCUT2D eigenvalue weighted by Gasteiger charge is -2.24. The quantitative estimate of drug-likeness (QED) is 0.707. The summed E-state index contributed by atoms with van der Waals surface area (Å²) in [6.45, 7) is 18.4. The highest BCUT2D eigenvalue weighted by molar-refractivity contribution is 6.00. The van der Waals surface area contributed by atoms with E-state index in [1.54, 1.807) is 0 Å². The van der Waals surface area contributed by atoms with E-state index in [0.717, 1.165) is 17.1 Å². The lowest BCUT2D eigenvalue weighted by atomic mass is 9.85. The molecular weight excluding hydrogens is 196 g/mol. The predicted molar refractivity (Wildman–Crippen MR) is 73.4 cm³/mol. The van der Waals surface area contributed by atoms with E-state index >= 15 is 0 Å². The Labute approximate surface area is 100 Å². The second kappa shape index (κ2) is 4.86. The van der Waals surface area contributed by atoms with Crippen molar-refractivity contribution in [2.75, 3.05) is 0 Å². The first-order chi connectivity index (χ1) is 6.94. The molecule has 0 bridgehead atoms. The Balaban J connectivity index is 5.36. The van der Waals surface area contributed by atoms with Gasteiger partial charge in [0.15, 0.2) is 0 Å². The summed E-state index contributed by atoms with van der Waals surface area (Å²) in [5.74, 6) is 0. The fourth-order valence-corrected chi connectivity index (χ4v) is 0.986. The Morgan fingerprint density at radius 3 is 1.75 bits per heavy atom. The molecule has 0 spiro atoms. The molecule has 2 nitrogen and oxygen atoms in total. The average Bonchev–Trinajstić information content (AvgIpc) is 1.98. The van der Waals surface area contributed by atoms with E-state index < -0.39 is 0 Å². The Morgan fingerprint density at radius 1 is 1.06 bits per heavy atom. The highest BCUT2D eigenvalue weighted by atomic mass is 14.8. The molecule has 0 saturated heterocycles. The smallest absolute Gasteiger partial charge is 0.0477 e. The number of rotatable bonds is 2. The minimum atomic E-state index is -0.0267. The summed E-state index contributed by atoms with van der Waals surface area (Å²) in [6.07, 6.45) is 1.98. The normalized spacial score (nSPS) is 15.2. The number of nitrogens with zero attached hydrogens (tertiary/aromatic N) is 1. The van der Waals surface area contributed by atoms with Gasteiger partial charge in [0.25, 0.3) is 0 Å². The first-order valence-corrected chi connectivity index (χ1v) is 5.67. The van der Waals surface area contributed by atoms with Crippen LogP contribution < -0.4 is 5.73 Å².